The molecule has 1 amide bonds. The van der Waals surface area contributed by atoms with Crippen molar-refractivity contribution in [2.45, 2.75) is 61.9 Å². The maximum absolute atomic E-state index is 12.5. The van der Waals surface area contributed by atoms with Crippen LogP contribution in [0.4, 0.5) is 0 Å². The second-order valence-electron chi connectivity index (χ2n) is 8.17. The van der Waals surface area contributed by atoms with Crippen molar-refractivity contribution < 1.29 is 17.9 Å². The average Bonchev–Trinajstić information content (AvgIpc) is 3.55. The molecule has 4 rings (SSSR count). The molecule has 0 bridgehead atoms. The molecule has 0 aliphatic heterocycles. The third-order valence-electron chi connectivity index (χ3n) is 5.84. The molecule has 1 unspecified atom stereocenters. The Hall–Kier alpha value is -2.38. The van der Waals surface area contributed by atoms with Crippen LogP contribution in [0.2, 0.25) is 0 Å². The summed E-state index contributed by atoms with van der Waals surface area (Å²) in [6.07, 6.45) is 5.37. The number of fused-ring (bicyclic) bond motifs is 1. The number of carbonyl (C=O) groups is 1. The highest BCUT2D eigenvalue weighted by atomic mass is 32.2. The van der Waals surface area contributed by atoms with Crippen molar-refractivity contribution in [2.75, 3.05) is 7.11 Å². The van der Waals surface area contributed by atoms with Crippen molar-refractivity contribution in [1.82, 2.24) is 10.0 Å². The Labute approximate surface area is 178 Å². The van der Waals surface area contributed by atoms with Crippen molar-refractivity contribution >= 4 is 15.9 Å². The van der Waals surface area contributed by atoms with Gasteiger partial charge in [0.2, 0.25) is 15.9 Å². The summed E-state index contributed by atoms with van der Waals surface area (Å²) in [4.78, 5) is 12.8. The maximum atomic E-state index is 12.5. The van der Waals surface area contributed by atoms with E-state index >= 15 is 0 Å². The second-order valence-corrected chi connectivity index (χ2v) is 9.89. The molecule has 30 heavy (non-hydrogen) atoms. The maximum Gasteiger partial charge on any atom is 0.240 e. The first-order chi connectivity index (χ1) is 14.4. The van der Waals surface area contributed by atoms with E-state index in [2.05, 4.69) is 22.2 Å². The fourth-order valence-corrected chi connectivity index (χ4v) is 5.31. The molecule has 0 spiro atoms. The van der Waals surface area contributed by atoms with Gasteiger partial charge in [-0.3, -0.25) is 4.79 Å². The number of sulfonamides is 1. The van der Waals surface area contributed by atoms with E-state index < -0.39 is 10.0 Å². The molecule has 0 radical (unpaired) electrons. The number of methoxy groups -OCH3 is 1. The summed E-state index contributed by atoms with van der Waals surface area (Å²) in [6, 6.07) is 12.9. The van der Waals surface area contributed by atoms with Crippen LogP contribution in [0, 0.1) is 0 Å². The molecule has 2 aliphatic carbocycles. The lowest BCUT2D eigenvalue weighted by molar-refractivity contribution is -0.121. The number of aryl methyl sites for hydroxylation is 1. The third-order valence-corrected chi connectivity index (χ3v) is 7.38. The Morgan fingerprint density at radius 1 is 1.10 bits per heavy atom. The highest BCUT2D eigenvalue weighted by Crippen LogP contribution is 2.35. The van der Waals surface area contributed by atoms with Crippen molar-refractivity contribution in [1.29, 1.82) is 0 Å². The Kier molecular flexibility index (Phi) is 6.11. The van der Waals surface area contributed by atoms with Gasteiger partial charge >= 0.3 is 0 Å². The van der Waals surface area contributed by atoms with Crippen LogP contribution < -0.4 is 14.8 Å². The number of rotatable bonds is 8. The van der Waals surface area contributed by atoms with Gasteiger partial charge in [-0.05, 0) is 79.0 Å². The van der Waals surface area contributed by atoms with E-state index in [-0.39, 0.29) is 22.8 Å². The monoisotopic (exact) mass is 428 g/mol. The van der Waals surface area contributed by atoms with Gasteiger partial charge in [-0.25, -0.2) is 13.1 Å². The molecule has 1 fully saturated rings. The molecular formula is C23H28N2O4S. The van der Waals surface area contributed by atoms with E-state index in [0.29, 0.717) is 13.0 Å². The Bertz CT molecular complexity index is 1010. The van der Waals surface area contributed by atoms with E-state index in [4.69, 9.17) is 4.74 Å². The summed E-state index contributed by atoms with van der Waals surface area (Å²) in [7, 11) is -1.78. The predicted octanol–water partition coefficient (Wildman–Crippen LogP) is 3.26. The molecule has 2 N–H and O–H groups in total. The number of hydrogen-bond acceptors (Lipinski definition) is 4. The van der Waals surface area contributed by atoms with Crippen molar-refractivity contribution in [3.05, 3.63) is 59.2 Å². The van der Waals surface area contributed by atoms with Crippen LogP contribution in [-0.2, 0) is 27.8 Å². The summed E-state index contributed by atoms with van der Waals surface area (Å²) in [6.45, 7) is 0.386. The first-order valence-corrected chi connectivity index (χ1v) is 12.0. The van der Waals surface area contributed by atoms with Crippen molar-refractivity contribution in [2.24, 2.45) is 0 Å². The fourth-order valence-electron chi connectivity index (χ4n) is 4.00. The Morgan fingerprint density at radius 2 is 1.87 bits per heavy atom. The average molecular weight is 429 g/mol. The number of hydrogen-bond donors (Lipinski definition) is 2. The highest BCUT2D eigenvalue weighted by molar-refractivity contribution is 7.89. The second kappa shape index (κ2) is 8.78. The molecule has 7 heteroatoms. The topological polar surface area (TPSA) is 84.5 Å². The zero-order valence-electron chi connectivity index (χ0n) is 17.2. The highest BCUT2D eigenvalue weighted by Gasteiger charge is 2.28. The molecular weight excluding hydrogens is 400 g/mol. The van der Waals surface area contributed by atoms with Gasteiger partial charge in [0.1, 0.15) is 5.75 Å². The van der Waals surface area contributed by atoms with E-state index in [9.17, 15) is 13.2 Å². The van der Waals surface area contributed by atoms with Crippen LogP contribution in [0.3, 0.4) is 0 Å². The first-order valence-electron chi connectivity index (χ1n) is 10.5. The van der Waals surface area contributed by atoms with Crippen molar-refractivity contribution in [3.8, 4) is 5.75 Å². The molecule has 2 aromatic carbocycles. The summed E-state index contributed by atoms with van der Waals surface area (Å²) >= 11 is 0. The SMILES string of the molecule is COc1ccc2c(c1)CCCC2CC(=O)NCc1ccc(S(=O)(=O)NC2CC2)cc1. The van der Waals surface area contributed by atoms with Gasteiger partial charge in [0.05, 0.1) is 12.0 Å². The molecule has 1 atom stereocenters. The lowest BCUT2D eigenvalue weighted by Gasteiger charge is -2.25. The zero-order chi connectivity index (χ0) is 21.1. The number of benzene rings is 2. The first kappa shape index (κ1) is 20.9. The fraction of sp³-hybridized carbons (Fsp3) is 0.435. The smallest absolute Gasteiger partial charge is 0.240 e. The van der Waals surface area contributed by atoms with Gasteiger partial charge < -0.3 is 10.1 Å². The number of amides is 1. The van der Waals surface area contributed by atoms with Crippen LogP contribution in [0.25, 0.3) is 0 Å². The minimum Gasteiger partial charge on any atom is -0.497 e. The normalized spacial score (nSPS) is 18.5. The van der Waals surface area contributed by atoms with E-state index in [1.807, 2.05) is 6.07 Å². The minimum absolute atomic E-state index is 0.00997. The van der Waals surface area contributed by atoms with Gasteiger partial charge in [-0.15, -0.1) is 0 Å². The van der Waals surface area contributed by atoms with E-state index in [1.165, 1.54) is 11.1 Å². The lowest BCUT2D eigenvalue weighted by atomic mass is 9.81. The van der Waals surface area contributed by atoms with E-state index in [0.717, 1.165) is 43.4 Å². The molecule has 6 nitrogen and oxygen atoms in total. The Morgan fingerprint density at radius 3 is 2.57 bits per heavy atom. The van der Waals surface area contributed by atoms with Gasteiger partial charge in [0, 0.05) is 19.0 Å². The molecule has 0 aromatic heterocycles. The van der Waals surface area contributed by atoms with Gasteiger partial charge in [0.25, 0.3) is 0 Å². The predicted molar refractivity (Wildman–Crippen MR) is 115 cm³/mol. The van der Waals surface area contributed by atoms with Crippen molar-refractivity contribution in [3.63, 3.8) is 0 Å². The summed E-state index contributed by atoms with van der Waals surface area (Å²) in [5.74, 6) is 1.09. The number of nitrogens with one attached hydrogen (secondary N) is 2. The van der Waals surface area contributed by atoms with Crippen LogP contribution in [-0.4, -0.2) is 27.5 Å². The molecule has 1 saturated carbocycles. The molecule has 2 aromatic rings. The Balaban J connectivity index is 1.32. The van der Waals surface area contributed by atoms with E-state index in [1.54, 1.807) is 31.4 Å². The van der Waals surface area contributed by atoms with Crippen LogP contribution >= 0.6 is 0 Å². The third kappa shape index (κ3) is 5.02. The van der Waals surface area contributed by atoms with Gasteiger partial charge in [-0.2, -0.15) is 0 Å². The number of ether oxygens (including phenoxy) is 1. The summed E-state index contributed by atoms with van der Waals surface area (Å²) in [5, 5.41) is 2.97. The number of carbonyl (C=O) groups excluding carboxylic acids is 1. The standard InChI is InChI=1S/C23H28N2O4S/c1-29-20-9-12-22-17(13-20)3-2-4-18(22)14-23(26)24-15-16-5-10-21(11-6-16)30(27,28)25-19-7-8-19/h5-6,9-13,18-19,25H,2-4,7-8,14-15H2,1H3,(H,24,26). The molecule has 0 heterocycles. The summed E-state index contributed by atoms with van der Waals surface area (Å²) in [5.41, 5.74) is 3.40. The van der Waals surface area contributed by atoms with Crippen LogP contribution in [0.15, 0.2) is 47.4 Å². The molecule has 2 aliphatic rings. The van der Waals surface area contributed by atoms with Gasteiger partial charge in [-0.1, -0.05) is 18.2 Å². The minimum atomic E-state index is -3.44. The quantitative estimate of drug-likeness (QED) is 0.676. The molecule has 160 valence electrons. The summed E-state index contributed by atoms with van der Waals surface area (Å²) < 4.78 is 32.5. The molecule has 0 saturated heterocycles. The zero-order valence-corrected chi connectivity index (χ0v) is 18.0. The van der Waals surface area contributed by atoms with Gasteiger partial charge in [0.15, 0.2) is 0 Å². The van der Waals surface area contributed by atoms with Crippen LogP contribution in [0.5, 0.6) is 5.75 Å². The lowest BCUT2D eigenvalue weighted by Crippen LogP contribution is -2.26. The largest absolute Gasteiger partial charge is 0.497 e. The van der Waals surface area contributed by atoms with Crippen LogP contribution in [0.1, 0.15) is 54.7 Å².